The van der Waals surface area contributed by atoms with Crippen LogP contribution in [0.4, 0.5) is 11.4 Å². The molecule has 0 aliphatic rings. The van der Waals surface area contributed by atoms with Crippen molar-refractivity contribution in [1.82, 2.24) is 5.32 Å². The summed E-state index contributed by atoms with van der Waals surface area (Å²) < 4.78 is 5.72. The van der Waals surface area contributed by atoms with E-state index in [2.05, 4.69) is 22.9 Å². The van der Waals surface area contributed by atoms with E-state index in [-0.39, 0.29) is 16.9 Å². The van der Waals surface area contributed by atoms with E-state index < -0.39 is 0 Å². The predicted molar refractivity (Wildman–Crippen MR) is 145 cm³/mol. The van der Waals surface area contributed by atoms with Gasteiger partial charge in [0.2, 0.25) is 0 Å². The average Bonchev–Trinajstić information content (AvgIpc) is 2.85. The number of unbranched alkanes of at least 4 members (excludes halogenated alkanes) is 3. The first-order chi connectivity index (χ1) is 16.9. The maximum Gasteiger partial charge on any atom is 0.257 e. The molecule has 0 aromatic heterocycles. The lowest BCUT2D eigenvalue weighted by atomic mass is 10.1. The molecule has 0 unspecified atom stereocenters. The molecule has 0 aliphatic carbocycles. The third-order valence-corrected chi connectivity index (χ3v) is 5.50. The molecule has 0 saturated heterocycles. The molecule has 7 heteroatoms. The summed E-state index contributed by atoms with van der Waals surface area (Å²) in [6.45, 7) is 4.80. The maximum absolute atomic E-state index is 12.5. The molecule has 6 nitrogen and oxygen atoms in total. The van der Waals surface area contributed by atoms with Crippen molar-refractivity contribution in [3.05, 3.63) is 89.5 Å². The normalized spacial score (nSPS) is 10.3. The third kappa shape index (κ3) is 8.54. The number of rotatable bonds is 10. The van der Waals surface area contributed by atoms with Crippen LogP contribution in [-0.4, -0.2) is 23.5 Å². The number of nitrogens with one attached hydrogen (secondary N) is 3. The van der Waals surface area contributed by atoms with Crippen LogP contribution in [0.25, 0.3) is 0 Å². The molecule has 182 valence electrons. The first-order valence-corrected chi connectivity index (χ1v) is 12.2. The lowest BCUT2D eigenvalue weighted by molar-refractivity contribution is 0.0976. The maximum atomic E-state index is 12.5. The van der Waals surface area contributed by atoms with Crippen molar-refractivity contribution in [3.63, 3.8) is 0 Å². The Morgan fingerprint density at radius 2 is 1.49 bits per heavy atom. The van der Waals surface area contributed by atoms with Crippen LogP contribution in [0.3, 0.4) is 0 Å². The topological polar surface area (TPSA) is 79.5 Å². The second kappa shape index (κ2) is 13.2. The van der Waals surface area contributed by atoms with Gasteiger partial charge >= 0.3 is 0 Å². The van der Waals surface area contributed by atoms with Crippen LogP contribution in [0.5, 0.6) is 5.75 Å². The van der Waals surface area contributed by atoms with Gasteiger partial charge in [-0.15, -0.1) is 0 Å². The molecule has 0 spiro atoms. The van der Waals surface area contributed by atoms with Crippen molar-refractivity contribution in [3.8, 4) is 5.75 Å². The van der Waals surface area contributed by atoms with Gasteiger partial charge in [0.15, 0.2) is 5.11 Å². The highest BCUT2D eigenvalue weighted by atomic mass is 32.1. The summed E-state index contributed by atoms with van der Waals surface area (Å²) in [6.07, 6.45) is 4.59. The van der Waals surface area contributed by atoms with Gasteiger partial charge < -0.3 is 15.4 Å². The minimum atomic E-state index is -0.306. The number of carbonyl (C=O) groups is 2. The van der Waals surface area contributed by atoms with Gasteiger partial charge in [-0.3, -0.25) is 14.9 Å². The largest absolute Gasteiger partial charge is 0.494 e. The number of hydrogen-bond acceptors (Lipinski definition) is 4. The zero-order valence-corrected chi connectivity index (χ0v) is 20.9. The standard InChI is InChI=1S/C28H31N3O3S/c1-3-4-5-6-18-34-25-16-10-21(11-17-25)26(32)31-28(35)30-24-14-12-23(13-15-24)29-27(33)22-9-7-8-20(2)19-22/h7-17,19H,3-6,18H2,1-2H3,(H,29,33)(H2,30,31,32,35). The van der Waals surface area contributed by atoms with Crippen molar-refractivity contribution in [2.24, 2.45) is 0 Å². The Bertz CT molecular complexity index is 1140. The lowest BCUT2D eigenvalue weighted by Gasteiger charge is -2.11. The van der Waals surface area contributed by atoms with Crippen LogP contribution >= 0.6 is 12.2 Å². The van der Waals surface area contributed by atoms with Gasteiger partial charge in [-0.1, -0.05) is 43.9 Å². The predicted octanol–water partition coefficient (Wildman–Crippen LogP) is 6.33. The van der Waals surface area contributed by atoms with Gasteiger partial charge in [0, 0.05) is 22.5 Å². The molecular formula is C28H31N3O3S. The number of amides is 2. The number of carbonyl (C=O) groups excluding carboxylic acids is 2. The molecule has 0 radical (unpaired) electrons. The number of ether oxygens (including phenoxy) is 1. The van der Waals surface area contributed by atoms with Crippen LogP contribution in [0.1, 0.15) is 58.9 Å². The van der Waals surface area contributed by atoms with Crippen molar-refractivity contribution in [2.75, 3.05) is 17.2 Å². The monoisotopic (exact) mass is 489 g/mol. The summed E-state index contributed by atoms with van der Waals surface area (Å²) >= 11 is 5.27. The SMILES string of the molecule is CCCCCCOc1ccc(C(=O)NC(=S)Nc2ccc(NC(=O)c3cccc(C)c3)cc2)cc1. The number of thiocarbonyl (C=S) groups is 1. The Balaban J connectivity index is 1.45. The fraction of sp³-hybridized carbons (Fsp3) is 0.250. The van der Waals surface area contributed by atoms with E-state index in [0.29, 0.717) is 29.1 Å². The minimum absolute atomic E-state index is 0.176. The number of anilines is 2. The molecule has 3 aromatic carbocycles. The molecule has 0 bridgehead atoms. The zero-order chi connectivity index (χ0) is 25.0. The Kier molecular flexibility index (Phi) is 9.80. The molecule has 0 atom stereocenters. The lowest BCUT2D eigenvalue weighted by Crippen LogP contribution is -2.34. The third-order valence-electron chi connectivity index (χ3n) is 5.29. The summed E-state index contributed by atoms with van der Waals surface area (Å²) in [6, 6.07) is 21.5. The van der Waals surface area contributed by atoms with E-state index in [4.69, 9.17) is 17.0 Å². The molecule has 35 heavy (non-hydrogen) atoms. The Morgan fingerprint density at radius 1 is 0.800 bits per heavy atom. The molecule has 3 N–H and O–H groups in total. The number of hydrogen-bond donors (Lipinski definition) is 3. The zero-order valence-electron chi connectivity index (χ0n) is 20.1. The molecule has 0 saturated carbocycles. The van der Waals surface area contributed by atoms with E-state index >= 15 is 0 Å². The fourth-order valence-electron chi connectivity index (χ4n) is 3.39. The van der Waals surface area contributed by atoms with Gasteiger partial charge in [-0.2, -0.15) is 0 Å². The Hall–Kier alpha value is -3.71. The molecule has 2 amide bonds. The van der Waals surface area contributed by atoms with Crippen molar-refractivity contribution in [1.29, 1.82) is 0 Å². The summed E-state index contributed by atoms with van der Waals surface area (Å²) in [7, 11) is 0. The highest BCUT2D eigenvalue weighted by Crippen LogP contribution is 2.16. The summed E-state index contributed by atoms with van der Waals surface area (Å²) in [5.74, 6) is 0.262. The summed E-state index contributed by atoms with van der Waals surface area (Å²) in [4.78, 5) is 24.9. The number of benzene rings is 3. The molecule has 0 fully saturated rings. The second-order valence-corrected chi connectivity index (χ2v) is 8.65. The Labute approximate surface area is 212 Å². The Morgan fingerprint density at radius 3 is 2.14 bits per heavy atom. The van der Waals surface area contributed by atoms with Gasteiger partial charge in [0.25, 0.3) is 11.8 Å². The van der Waals surface area contributed by atoms with Crippen molar-refractivity contribution in [2.45, 2.75) is 39.5 Å². The summed E-state index contributed by atoms with van der Waals surface area (Å²) in [5.41, 5.74) is 3.46. The highest BCUT2D eigenvalue weighted by molar-refractivity contribution is 7.80. The van der Waals surface area contributed by atoms with Crippen LogP contribution < -0.4 is 20.7 Å². The van der Waals surface area contributed by atoms with E-state index in [0.717, 1.165) is 24.2 Å². The fourth-order valence-corrected chi connectivity index (χ4v) is 3.60. The highest BCUT2D eigenvalue weighted by Gasteiger charge is 2.09. The van der Waals surface area contributed by atoms with Crippen LogP contribution in [0.2, 0.25) is 0 Å². The first kappa shape index (κ1) is 25.9. The van der Waals surface area contributed by atoms with Crippen molar-refractivity contribution >= 4 is 40.5 Å². The van der Waals surface area contributed by atoms with Gasteiger partial charge in [0.1, 0.15) is 5.75 Å². The molecule has 3 aromatic rings. The quantitative estimate of drug-likeness (QED) is 0.229. The minimum Gasteiger partial charge on any atom is -0.494 e. The van der Waals surface area contributed by atoms with E-state index in [1.54, 1.807) is 54.6 Å². The molecule has 3 rings (SSSR count). The van der Waals surface area contributed by atoms with E-state index in [1.165, 1.54) is 12.8 Å². The second-order valence-electron chi connectivity index (χ2n) is 8.24. The summed E-state index contributed by atoms with van der Waals surface area (Å²) in [5, 5.41) is 8.70. The molecule has 0 aliphatic heterocycles. The van der Waals surface area contributed by atoms with E-state index in [1.807, 2.05) is 25.1 Å². The van der Waals surface area contributed by atoms with Crippen molar-refractivity contribution < 1.29 is 14.3 Å². The smallest absolute Gasteiger partial charge is 0.257 e. The van der Waals surface area contributed by atoms with Gasteiger partial charge in [0.05, 0.1) is 6.61 Å². The first-order valence-electron chi connectivity index (χ1n) is 11.8. The van der Waals surface area contributed by atoms with E-state index in [9.17, 15) is 9.59 Å². The molecule has 0 heterocycles. The van der Waals surface area contributed by atoms with Crippen LogP contribution in [-0.2, 0) is 0 Å². The average molecular weight is 490 g/mol. The van der Waals surface area contributed by atoms with Crippen LogP contribution in [0.15, 0.2) is 72.8 Å². The van der Waals surface area contributed by atoms with Gasteiger partial charge in [-0.25, -0.2) is 0 Å². The van der Waals surface area contributed by atoms with Crippen LogP contribution in [0, 0.1) is 6.92 Å². The van der Waals surface area contributed by atoms with Gasteiger partial charge in [-0.05, 0) is 86.2 Å². The number of aryl methyl sites for hydroxylation is 1. The molecular weight excluding hydrogens is 458 g/mol.